The first-order chi connectivity index (χ1) is 13.1. The van der Waals surface area contributed by atoms with Crippen LogP contribution in [0.5, 0.6) is 0 Å². The molecule has 0 unspecified atom stereocenters. The third-order valence-corrected chi connectivity index (χ3v) is 4.66. The second-order valence-electron chi connectivity index (χ2n) is 7.03. The number of amides is 2. The molecule has 0 fully saturated rings. The second-order valence-corrected chi connectivity index (χ2v) is 7.03. The summed E-state index contributed by atoms with van der Waals surface area (Å²) in [5, 5.41) is 2.86. The van der Waals surface area contributed by atoms with Crippen molar-refractivity contribution in [2.45, 2.75) is 19.3 Å². The van der Waals surface area contributed by atoms with Crippen molar-refractivity contribution in [1.29, 1.82) is 0 Å². The van der Waals surface area contributed by atoms with Crippen LogP contribution in [-0.4, -0.2) is 55.4 Å². The van der Waals surface area contributed by atoms with E-state index in [0.29, 0.717) is 18.7 Å². The lowest BCUT2D eigenvalue weighted by Gasteiger charge is -2.29. The first-order valence-electron chi connectivity index (χ1n) is 9.35. The number of carbonyl (C=O) groups excluding carboxylic acids is 2. The van der Waals surface area contributed by atoms with E-state index in [1.807, 2.05) is 32.3 Å². The molecule has 1 N–H and O–H groups in total. The molecular formula is C21H26N4O2. The van der Waals surface area contributed by atoms with Crippen LogP contribution >= 0.6 is 0 Å². The normalized spacial score (nSPS) is 13.4. The van der Waals surface area contributed by atoms with E-state index >= 15 is 0 Å². The first kappa shape index (κ1) is 19.0. The van der Waals surface area contributed by atoms with Crippen LogP contribution in [0.4, 0.5) is 5.69 Å². The molecule has 2 aromatic rings. The van der Waals surface area contributed by atoms with E-state index in [1.165, 1.54) is 11.8 Å². The number of benzene rings is 1. The third-order valence-electron chi connectivity index (χ3n) is 4.66. The summed E-state index contributed by atoms with van der Waals surface area (Å²) in [5.41, 5.74) is 2.90. The predicted octanol–water partition coefficient (Wildman–Crippen LogP) is 2.36. The van der Waals surface area contributed by atoms with Gasteiger partial charge in [0.2, 0.25) is 0 Å². The maximum Gasteiger partial charge on any atom is 0.269 e. The largest absolute Gasteiger partial charge is 0.351 e. The molecule has 0 spiro atoms. The van der Waals surface area contributed by atoms with Gasteiger partial charge in [0.25, 0.3) is 11.8 Å². The molecule has 2 heterocycles. The Balaban J connectivity index is 1.70. The molecule has 0 saturated carbocycles. The van der Waals surface area contributed by atoms with Crippen molar-refractivity contribution >= 4 is 17.5 Å². The fourth-order valence-electron chi connectivity index (χ4n) is 3.28. The topological polar surface area (TPSA) is 65.5 Å². The van der Waals surface area contributed by atoms with Gasteiger partial charge >= 0.3 is 0 Å². The van der Waals surface area contributed by atoms with Crippen molar-refractivity contribution in [2.75, 3.05) is 38.6 Å². The summed E-state index contributed by atoms with van der Waals surface area (Å²) in [7, 11) is 3.99. The van der Waals surface area contributed by atoms with Gasteiger partial charge in [0.15, 0.2) is 0 Å². The van der Waals surface area contributed by atoms with Crippen LogP contribution in [0.1, 0.15) is 39.3 Å². The molecule has 1 aromatic heterocycles. The van der Waals surface area contributed by atoms with Crippen LogP contribution in [0.2, 0.25) is 0 Å². The van der Waals surface area contributed by atoms with E-state index in [9.17, 15) is 9.59 Å². The van der Waals surface area contributed by atoms with E-state index in [-0.39, 0.29) is 17.5 Å². The molecule has 3 rings (SSSR count). The molecular weight excluding hydrogens is 340 g/mol. The summed E-state index contributed by atoms with van der Waals surface area (Å²) >= 11 is 0. The summed E-state index contributed by atoms with van der Waals surface area (Å²) < 4.78 is 0. The lowest BCUT2D eigenvalue weighted by atomic mass is 10.0. The van der Waals surface area contributed by atoms with E-state index in [4.69, 9.17) is 0 Å². The molecule has 142 valence electrons. The number of anilines is 1. The van der Waals surface area contributed by atoms with Crippen LogP contribution in [0, 0.1) is 0 Å². The Bertz CT molecular complexity index is 819. The van der Waals surface area contributed by atoms with Gasteiger partial charge < -0.3 is 15.1 Å². The Kier molecular flexibility index (Phi) is 6.19. The zero-order valence-corrected chi connectivity index (χ0v) is 15.9. The maximum absolute atomic E-state index is 13.0. The molecule has 27 heavy (non-hydrogen) atoms. The highest BCUT2D eigenvalue weighted by Crippen LogP contribution is 2.28. The Labute approximate surface area is 160 Å². The minimum Gasteiger partial charge on any atom is -0.351 e. The summed E-state index contributed by atoms with van der Waals surface area (Å²) in [6.45, 7) is 2.17. The number of para-hydroxylation sites is 1. The van der Waals surface area contributed by atoms with Crippen molar-refractivity contribution in [3.8, 4) is 0 Å². The molecule has 0 atom stereocenters. The maximum atomic E-state index is 13.0. The van der Waals surface area contributed by atoms with E-state index < -0.39 is 0 Å². The predicted molar refractivity (Wildman–Crippen MR) is 106 cm³/mol. The Morgan fingerprint density at radius 2 is 2.04 bits per heavy atom. The molecule has 1 aromatic carbocycles. The van der Waals surface area contributed by atoms with E-state index in [0.717, 1.165) is 31.5 Å². The number of aryl methyl sites for hydroxylation is 1. The number of hydrogen-bond acceptors (Lipinski definition) is 4. The Morgan fingerprint density at radius 1 is 1.22 bits per heavy atom. The lowest BCUT2D eigenvalue weighted by Crippen LogP contribution is -2.35. The molecule has 6 heteroatoms. The van der Waals surface area contributed by atoms with Crippen molar-refractivity contribution < 1.29 is 9.59 Å². The van der Waals surface area contributed by atoms with Crippen LogP contribution < -0.4 is 10.2 Å². The number of rotatable bonds is 6. The Morgan fingerprint density at radius 3 is 2.85 bits per heavy atom. The minimum absolute atomic E-state index is 0.0915. The van der Waals surface area contributed by atoms with Crippen molar-refractivity contribution in [3.05, 3.63) is 59.4 Å². The monoisotopic (exact) mass is 366 g/mol. The van der Waals surface area contributed by atoms with Crippen LogP contribution in [-0.2, 0) is 6.42 Å². The van der Waals surface area contributed by atoms with Gasteiger partial charge in [0.05, 0.1) is 0 Å². The quantitative estimate of drug-likeness (QED) is 0.797. The van der Waals surface area contributed by atoms with E-state index in [2.05, 4.69) is 21.3 Å². The van der Waals surface area contributed by atoms with Crippen molar-refractivity contribution in [1.82, 2.24) is 15.2 Å². The van der Waals surface area contributed by atoms with Gasteiger partial charge in [0, 0.05) is 30.5 Å². The van der Waals surface area contributed by atoms with Gasteiger partial charge in [0.1, 0.15) is 5.69 Å². The minimum atomic E-state index is -0.248. The fraction of sp³-hybridized carbons (Fsp3) is 0.381. The molecule has 0 aliphatic carbocycles. The summed E-state index contributed by atoms with van der Waals surface area (Å²) in [4.78, 5) is 33.4. The van der Waals surface area contributed by atoms with Gasteiger partial charge in [-0.15, -0.1) is 0 Å². The number of aromatic nitrogens is 1. The average molecular weight is 366 g/mol. The van der Waals surface area contributed by atoms with Gasteiger partial charge in [-0.2, -0.15) is 0 Å². The molecule has 1 aliphatic heterocycles. The Hall–Kier alpha value is -2.73. The van der Waals surface area contributed by atoms with Gasteiger partial charge in [-0.3, -0.25) is 14.6 Å². The standard InChI is InChI=1S/C21H26N4O2/c1-24(2)13-6-11-23-20(26)18-15-17(10-12-22-18)21(27)25-14-5-8-16-7-3-4-9-19(16)25/h3-4,7,9-10,12,15H,5-6,8,11,13-14H2,1-2H3,(H,23,26). The average Bonchev–Trinajstić information content (AvgIpc) is 2.70. The molecule has 0 saturated heterocycles. The van der Waals surface area contributed by atoms with Crippen LogP contribution in [0.3, 0.4) is 0 Å². The third kappa shape index (κ3) is 4.71. The second kappa shape index (κ2) is 8.77. The summed E-state index contributed by atoms with van der Waals surface area (Å²) in [6, 6.07) is 11.2. The van der Waals surface area contributed by atoms with Gasteiger partial charge in [-0.05, 0) is 63.7 Å². The van der Waals surface area contributed by atoms with Crippen LogP contribution in [0.15, 0.2) is 42.6 Å². The number of nitrogens with one attached hydrogen (secondary N) is 1. The van der Waals surface area contributed by atoms with Gasteiger partial charge in [-0.25, -0.2) is 0 Å². The lowest BCUT2D eigenvalue weighted by molar-refractivity contribution is 0.0947. The van der Waals surface area contributed by atoms with Crippen molar-refractivity contribution in [3.63, 3.8) is 0 Å². The summed E-state index contributed by atoms with van der Waals surface area (Å²) in [5.74, 6) is -0.339. The molecule has 1 aliphatic rings. The van der Waals surface area contributed by atoms with Crippen LogP contribution in [0.25, 0.3) is 0 Å². The van der Waals surface area contributed by atoms with E-state index in [1.54, 1.807) is 17.0 Å². The smallest absolute Gasteiger partial charge is 0.269 e. The zero-order valence-electron chi connectivity index (χ0n) is 15.9. The number of fused-ring (bicyclic) bond motifs is 1. The number of hydrogen-bond donors (Lipinski definition) is 1. The van der Waals surface area contributed by atoms with Gasteiger partial charge in [-0.1, -0.05) is 18.2 Å². The van der Waals surface area contributed by atoms with Crippen molar-refractivity contribution in [2.24, 2.45) is 0 Å². The molecule has 0 radical (unpaired) electrons. The number of nitrogens with zero attached hydrogens (tertiary/aromatic N) is 3. The zero-order chi connectivity index (χ0) is 19.2. The molecule has 2 amide bonds. The molecule has 0 bridgehead atoms. The molecule has 6 nitrogen and oxygen atoms in total. The number of pyridine rings is 1. The SMILES string of the molecule is CN(C)CCCNC(=O)c1cc(C(=O)N2CCCc3ccccc32)ccn1. The highest BCUT2D eigenvalue weighted by atomic mass is 16.2. The highest BCUT2D eigenvalue weighted by molar-refractivity contribution is 6.07. The number of carbonyl (C=O) groups is 2. The first-order valence-corrected chi connectivity index (χ1v) is 9.35. The summed E-state index contributed by atoms with van der Waals surface area (Å²) in [6.07, 6.45) is 4.31. The highest BCUT2D eigenvalue weighted by Gasteiger charge is 2.24. The fourth-order valence-corrected chi connectivity index (χ4v) is 3.28.